The summed E-state index contributed by atoms with van der Waals surface area (Å²) < 4.78 is 38.7. The second-order valence-corrected chi connectivity index (χ2v) is 8.52. The SMILES string of the molecule is Cc1cc(N2CCC(C(F)(F)F)CC2)ccc1Nc1ccc2c(c1)CN(CC(N)=O)C2. The number of amides is 1. The first-order valence-electron chi connectivity index (χ1n) is 10.5. The Morgan fingerprint density at radius 3 is 2.45 bits per heavy atom. The van der Waals surface area contributed by atoms with E-state index < -0.39 is 12.1 Å². The van der Waals surface area contributed by atoms with E-state index in [9.17, 15) is 18.0 Å². The highest BCUT2D eigenvalue weighted by Crippen LogP contribution is 2.36. The van der Waals surface area contributed by atoms with E-state index in [1.54, 1.807) is 0 Å². The van der Waals surface area contributed by atoms with Gasteiger partial charge in [0.15, 0.2) is 0 Å². The molecule has 5 nitrogen and oxygen atoms in total. The van der Waals surface area contributed by atoms with Crippen molar-refractivity contribution in [1.82, 2.24) is 4.90 Å². The lowest BCUT2D eigenvalue weighted by atomic mass is 9.96. The summed E-state index contributed by atoms with van der Waals surface area (Å²) in [5, 5.41) is 3.44. The van der Waals surface area contributed by atoms with Crippen molar-refractivity contribution in [2.75, 3.05) is 29.9 Å². The minimum Gasteiger partial charge on any atom is -0.371 e. The number of anilines is 3. The van der Waals surface area contributed by atoms with E-state index in [4.69, 9.17) is 5.73 Å². The third-order valence-electron chi connectivity index (χ3n) is 6.19. The monoisotopic (exact) mass is 432 g/mol. The van der Waals surface area contributed by atoms with Crippen molar-refractivity contribution in [2.24, 2.45) is 11.7 Å². The Kier molecular flexibility index (Phi) is 5.83. The van der Waals surface area contributed by atoms with Gasteiger partial charge in [0.05, 0.1) is 12.5 Å². The van der Waals surface area contributed by atoms with Gasteiger partial charge in [-0.25, -0.2) is 0 Å². The van der Waals surface area contributed by atoms with Crippen molar-refractivity contribution in [3.05, 3.63) is 53.1 Å². The molecular formula is C23H27F3N4O. The number of nitrogens with two attached hydrogens (primary N) is 1. The van der Waals surface area contributed by atoms with E-state index in [2.05, 4.69) is 17.4 Å². The van der Waals surface area contributed by atoms with E-state index in [0.29, 0.717) is 19.6 Å². The number of hydrogen-bond donors (Lipinski definition) is 2. The van der Waals surface area contributed by atoms with Gasteiger partial charge in [0.2, 0.25) is 5.91 Å². The maximum atomic E-state index is 12.9. The molecule has 1 fully saturated rings. The molecule has 2 heterocycles. The fourth-order valence-corrected chi connectivity index (χ4v) is 4.48. The Morgan fingerprint density at radius 2 is 1.81 bits per heavy atom. The number of benzene rings is 2. The van der Waals surface area contributed by atoms with Crippen molar-refractivity contribution in [3.8, 4) is 0 Å². The predicted octanol–water partition coefficient (Wildman–Crippen LogP) is 4.32. The molecule has 0 unspecified atom stereocenters. The largest absolute Gasteiger partial charge is 0.391 e. The fraction of sp³-hybridized carbons (Fsp3) is 0.435. The van der Waals surface area contributed by atoms with Crippen molar-refractivity contribution in [2.45, 2.75) is 39.0 Å². The summed E-state index contributed by atoms with van der Waals surface area (Å²) in [6.45, 7) is 4.50. The van der Waals surface area contributed by atoms with Crippen molar-refractivity contribution in [3.63, 3.8) is 0 Å². The zero-order chi connectivity index (χ0) is 22.2. The summed E-state index contributed by atoms with van der Waals surface area (Å²) in [5.74, 6) is -1.52. The number of piperidine rings is 1. The van der Waals surface area contributed by atoms with Crippen molar-refractivity contribution >= 4 is 23.0 Å². The van der Waals surface area contributed by atoms with E-state index in [1.807, 2.05) is 41.0 Å². The van der Waals surface area contributed by atoms with Gasteiger partial charge in [-0.1, -0.05) is 6.07 Å². The van der Waals surface area contributed by atoms with Gasteiger partial charge in [0.25, 0.3) is 0 Å². The minimum atomic E-state index is -4.09. The number of carbonyl (C=O) groups is 1. The Bertz CT molecular complexity index is 968. The highest BCUT2D eigenvalue weighted by atomic mass is 19.4. The standard InChI is InChI=1S/C23H27F3N4O/c1-15-10-20(30-8-6-18(7-9-30)23(24,25)26)4-5-21(15)28-19-3-2-16-12-29(14-22(27)31)13-17(16)11-19/h2-5,10-11,18,28H,6-9,12-14H2,1H3,(H2,27,31). The molecule has 166 valence electrons. The molecule has 2 aliphatic heterocycles. The molecule has 31 heavy (non-hydrogen) atoms. The summed E-state index contributed by atoms with van der Waals surface area (Å²) >= 11 is 0. The fourth-order valence-electron chi connectivity index (χ4n) is 4.48. The van der Waals surface area contributed by atoms with E-state index >= 15 is 0 Å². The lowest BCUT2D eigenvalue weighted by Crippen LogP contribution is -2.39. The zero-order valence-electron chi connectivity index (χ0n) is 17.5. The molecule has 4 rings (SSSR count). The molecule has 8 heteroatoms. The third-order valence-corrected chi connectivity index (χ3v) is 6.19. The van der Waals surface area contributed by atoms with Crippen LogP contribution in [0.3, 0.4) is 0 Å². The van der Waals surface area contributed by atoms with E-state index in [1.165, 1.54) is 11.1 Å². The van der Waals surface area contributed by atoms with Crippen LogP contribution in [0.1, 0.15) is 29.5 Å². The van der Waals surface area contributed by atoms with Gasteiger partial charge in [-0.05, 0) is 66.8 Å². The average molecular weight is 432 g/mol. The summed E-state index contributed by atoms with van der Waals surface area (Å²) in [7, 11) is 0. The number of rotatable bonds is 5. The Morgan fingerprint density at radius 1 is 1.10 bits per heavy atom. The zero-order valence-corrected chi connectivity index (χ0v) is 17.5. The van der Waals surface area contributed by atoms with Gasteiger partial charge in [0.1, 0.15) is 0 Å². The number of nitrogens with zero attached hydrogens (tertiary/aromatic N) is 2. The molecular weight excluding hydrogens is 405 g/mol. The Balaban J connectivity index is 1.41. The topological polar surface area (TPSA) is 61.6 Å². The normalized spacial score (nSPS) is 17.6. The molecule has 2 aliphatic rings. The Hall–Kier alpha value is -2.74. The summed E-state index contributed by atoms with van der Waals surface area (Å²) in [6.07, 6.45) is -3.81. The van der Waals surface area contributed by atoms with E-state index in [0.717, 1.165) is 29.2 Å². The van der Waals surface area contributed by atoms with Crippen LogP contribution in [0.2, 0.25) is 0 Å². The number of alkyl halides is 3. The second-order valence-electron chi connectivity index (χ2n) is 8.52. The molecule has 0 aliphatic carbocycles. The van der Waals surface area contributed by atoms with Crippen LogP contribution in [0, 0.1) is 12.8 Å². The first-order valence-corrected chi connectivity index (χ1v) is 10.5. The van der Waals surface area contributed by atoms with Crippen molar-refractivity contribution in [1.29, 1.82) is 0 Å². The summed E-state index contributed by atoms with van der Waals surface area (Å²) in [5.41, 5.74) is 11.6. The van der Waals surface area contributed by atoms with E-state index in [-0.39, 0.29) is 25.3 Å². The number of nitrogens with one attached hydrogen (secondary N) is 1. The maximum absolute atomic E-state index is 12.9. The molecule has 1 amide bonds. The molecule has 2 aromatic carbocycles. The summed E-state index contributed by atoms with van der Waals surface area (Å²) in [6, 6.07) is 12.1. The van der Waals surface area contributed by atoms with Crippen LogP contribution in [0.4, 0.5) is 30.2 Å². The number of aryl methyl sites for hydroxylation is 1. The molecule has 0 saturated carbocycles. The van der Waals surface area contributed by atoms with Crippen LogP contribution in [0.15, 0.2) is 36.4 Å². The van der Waals surface area contributed by atoms with Crippen molar-refractivity contribution < 1.29 is 18.0 Å². The number of carbonyl (C=O) groups excluding carboxylic acids is 1. The number of fused-ring (bicyclic) bond motifs is 1. The number of hydrogen-bond acceptors (Lipinski definition) is 4. The molecule has 0 spiro atoms. The maximum Gasteiger partial charge on any atom is 0.391 e. The van der Waals surface area contributed by atoms with Crippen LogP contribution in [0.5, 0.6) is 0 Å². The molecule has 0 aromatic heterocycles. The first kappa shape index (κ1) is 21.5. The smallest absolute Gasteiger partial charge is 0.371 e. The molecule has 3 N–H and O–H groups in total. The van der Waals surface area contributed by atoms with Crippen LogP contribution in [0.25, 0.3) is 0 Å². The number of primary amides is 1. The number of halogens is 3. The molecule has 0 bridgehead atoms. The molecule has 2 aromatic rings. The van der Waals surface area contributed by atoms with Gasteiger partial charge < -0.3 is 16.0 Å². The lowest BCUT2D eigenvalue weighted by Gasteiger charge is -2.34. The van der Waals surface area contributed by atoms with Crippen LogP contribution >= 0.6 is 0 Å². The second kappa shape index (κ2) is 8.42. The quantitative estimate of drug-likeness (QED) is 0.739. The average Bonchev–Trinajstić information content (AvgIpc) is 3.09. The highest BCUT2D eigenvalue weighted by Gasteiger charge is 2.41. The highest BCUT2D eigenvalue weighted by molar-refractivity contribution is 5.76. The van der Waals surface area contributed by atoms with Crippen LogP contribution in [-0.2, 0) is 17.9 Å². The van der Waals surface area contributed by atoms with Gasteiger partial charge in [-0.15, -0.1) is 0 Å². The predicted molar refractivity (Wildman–Crippen MR) is 115 cm³/mol. The van der Waals surface area contributed by atoms with Gasteiger partial charge >= 0.3 is 6.18 Å². The minimum absolute atomic E-state index is 0.143. The third kappa shape index (κ3) is 4.95. The first-order chi connectivity index (χ1) is 14.7. The van der Waals surface area contributed by atoms with Crippen LogP contribution in [-0.4, -0.2) is 36.6 Å². The molecule has 0 atom stereocenters. The van der Waals surface area contributed by atoms with Gasteiger partial charge in [-0.3, -0.25) is 9.69 Å². The van der Waals surface area contributed by atoms with Gasteiger partial charge in [0, 0.05) is 43.2 Å². The van der Waals surface area contributed by atoms with Gasteiger partial charge in [-0.2, -0.15) is 13.2 Å². The Labute approximate surface area is 180 Å². The lowest BCUT2D eigenvalue weighted by molar-refractivity contribution is -0.179. The molecule has 0 radical (unpaired) electrons. The summed E-state index contributed by atoms with van der Waals surface area (Å²) in [4.78, 5) is 15.2. The molecule has 1 saturated heterocycles. The van der Waals surface area contributed by atoms with Crippen LogP contribution < -0.4 is 16.0 Å².